The minimum absolute atomic E-state index is 0.0163. The molecule has 0 radical (unpaired) electrons. The number of aliphatic hydroxyl groups excluding tert-OH is 1. The zero-order valence-electron chi connectivity index (χ0n) is 21.6. The fourth-order valence-corrected chi connectivity index (χ4v) is 5.81. The number of rotatable bonds is 3. The van der Waals surface area contributed by atoms with Gasteiger partial charge in [0, 0.05) is 28.9 Å². The van der Waals surface area contributed by atoms with Crippen molar-refractivity contribution < 1.29 is 28.9 Å². The van der Waals surface area contributed by atoms with E-state index < -0.39 is 47.5 Å². The van der Waals surface area contributed by atoms with Crippen molar-refractivity contribution in [3.8, 4) is 0 Å². The summed E-state index contributed by atoms with van der Waals surface area (Å²) in [6.07, 6.45) is -1.43. The van der Waals surface area contributed by atoms with Crippen LogP contribution >= 0.6 is 0 Å². The van der Waals surface area contributed by atoms with Crippen LogP contribution in [0, 0.1) is 50.4 Å². The molecule has 1 aromatic heterocycles. The number of Topliss-reactive ketones (excluding diaryl/α,β-unsaturated/α-hetero) is 1. The zero-order chi connectivity index (χ0) is 25.2. The first-order valence-corrected chi connectivity index (χ1v) is 12.0. The van der Waals surface area contributed by atoms with Crippen LogP contribution in [0.25, 0.3) is 0 Å². The molecule has 0 aliphatic carbocycles. The van der Waals surface area contributed by atoms with Crippen LogP contribution < -0.4 is 5.43 Å². The van der Waals surface area contributed by atoms with E-state index in [2.05, 4.69) is 0 Å². The van der Waals surface area contributed by atoms with E-state index in [0.717, 1.165) is 0 Å². The minimum Gasteiger partial charge on any atom is -0.465 e. The molecule has 7 nitrogen and oxygen atoms in total. The first-order valence-electron chi connectivity index (χ1n) is 12.0. The summed E-state index contributed by atoms with van der Waals surface area (Å²) in [6.45, 7) is 17.8. The normalized spacial score (nSPS) is 40.5. The lowest BCUT2D eigenvalue weighted by Gasteiger charge is -2.60. The molecule has 9 unspecified atom stereocenters. The molecule has 33 heavy (non-hydrogen) atoms. The van der Waals surface area contributed by atoms with Crippen LogP contribution in [0.3, 0.4) is 0 Å². The molecule has 3 rings (SSSR count). The van der Waals surface area contributed by atoms with E-state index in [-0.39, 0.29) is 23.0 Å². The van der Waals surface area contributed by atoms with Gasteiger partial charge in [-0.25, -0.2) is 0 Å². The largest absolute Gasteiger partial charge is 0.465 e. The van der Waals surface area contributed by atoms with Crippen LogP contribution in [0.15, 0.2) is 9.21 Å². The second-order valence-electron chi connectivity index (χ2n) is 10.7. The number of ketones is 1. The number of aliphatic hydroxyl groups is 2. The van der Waals surface area contributed by atoms with E-state index in [1.54, 1.807) is 48.5 Å². The van der Waals surface area contributed by atoms with Gasteiger partial charge in [0.05, 0.1) is 24.0 Å². The molecule has 1 aromatic rings. The Labute approximate surface area is 196 Å². The standard InChI is InChI=1S/C26H40O7/c1-11(2)23-14(5)21(28)16(7)26(32-23)17(8)22(29)15(6)25(30,33-26)18(9)24-13(4)20(27)12(3)19(10)31-24/h11,14-18,22-23,29-30H,1-10H3. The van der Waals surface area contributed by atoms with Gasteiger partial charge >= 0.3 is 0 Å². The van der Waals surface area contributed by atoms with Gasteiger partial charge in [0.1, 0.15) is 17.3 Å². The van der Waals surface area contributed by atoms with Gasteiger partial charge in [-0.3, -0.25) is 9.59 Å². The van der Waals surface area contributed by atoms with Crippen LogP contribution in [0.1, 0.15) is 77.0 Å². The summed E-state index contributed by atoms with van der Waals surface area (Å²) < 4.78 is 19.0. The third-order valence-electron chi connectivity index (χ3n) is 8.44. The molecule has 2 saturated heterocycles. The smallest absolute Gasteiger partial charge is 0.191 e. The molecule has 2 aliphatic heterocycles. The number of hydrogen-bond donors (Lipinski definition) is 2. The summed E-state index contributed by atoms with van der Waals surface area (Å²) >= 11 is 0. The highest BCUT2D eigenvalue weighted by Gasteiger charge is 2.66. The van der Waals surface area contributed by atoms with Crippen molar-refractivity contribution in [1.82, 2.24) is 0 Å². The van der Waals surface area contributed by atoms with Gasteiger partial charge in [-0.1, -0.05) is 48.5 Å². The molecular weight excluding hydrogens is 424 g/mol. The molecular formula is C26H40O7. The maximum Gasteiger partial charge on any atom is 0.191 e. The predicted molar refractivity (Wildman–Crippen MR) is 124 cm³/mol. The molecule has 0 amide bonds. The average molecular weight is 465 g/mol. The lowest BCUT2D eigenvalue weighted by molar-refractivity contribution is -0.450. The van der Waals surface area contributed by atoms with Gasteiger partial charge in [0.2, 0.25) is 0 Å². The van der Waals surface area contributed by atoms with Crippen LogP contribution in [0.2, 0.25) is 0 Å². The quantitative estimate of drug-likeness (QED) is 0.704. The van der Waals surface area contributed by atoms with Crippen molar-refractivity contribution in [2.24, 2.45) is 29.6 Å². The Bertz CT molecular complexity index is 982. The molecule has 2 aliphatic rings. The van der Waals surface area contributed by atoms with E-state index in [1.165, 1.54) is 0 Å². The van der Waals surface area contributed by atoms with Crippen LogP contribution in [0.5, 0.6) is 0 Å². The van der Waals surface area contributed by atoms with Crippen molar-refractivity contribution in [2.45, 2.75) is 98.9 Å². The van der Waals surface area contributed by atoms with Crippen molar-refractivity contribution >= 4 is 5.78 Å². The highest BCUT2D eigenvalue weighted by molar-refractivity contribution is 5.85. The Morgan fingerprint density at radius 2 is 1.52 bits per heavy atom. The zero-order valence-corrected chi connectivity index (χ0v) is 21.6. The number of carbonyl (C=O) groups is 1. The van der Waals surface area contributed by atoms with Crippen molar-refractivity contribution in [1.29, 1.82) is 0 Å². The van der Waals surface area contributed by atoms with E-state index in [4.69, 9.17) is 13.9 Å². The molecule has 2 N–H and O–H groups in total. The molecule has 0 saturated carbocycles. The number of carbonyl (C=O) groups excluding carboxylic acids is 1. The number of aryl methyl sites for hydroxylation is 1. The summed E-state index contributed by atoms with van der Waals surface area (Å²) in [7, 11) is 0. The summed E-state index contributed by atoms with van der Waals surface area (Å²) in [5.74, 6) is -5.80. The maximum atomic E-state index is 13.3. The van der Waals surface area contributed by atoms with Crippen LogP contribution in [0.4, 0.5) is 0 Å². The minimum atomic E-state index is -1.94. The average Bonchev–Trinajstić information content (AvgIpc) is 2.77. The third-order valence-corrected chi connectivity index (χ3v) is 8.44. The molecule has 186 valence electrons. The predicted octanol–water partition coefficient (Wildman–Crippen LogP) is 3.61. The molecule has 0 bridgehead atoms. The van der Waals surface area contributed by atoms with Gasteiger partial charge in [-0.05, 0) is 26.7 Å². The SMILES string of the molecule is Cc1oc(C(C)C2(O)OC3(OC(C(C)C)C(C)C(=O)C3C)C(C)C(O)C2C)c(C)c(=O)c1C. The molecule has 0 aromatic carbocycles. The van der Waals surface area contributed by atoms with E-state index >= 15 is 0 Å². The van der Waals surface area contributed by atoms with Gasteiger partial charge in [0.25, 0.3) is 0 Å². The summed E-state index contributed by atoms with van der Waals surface area (Å²) in [4.78, 5) is 26.0. The highest BCUT2D eigenvalue weighted by atomic mass is 16.8. The van der Waals surface area contributed by atoms with Gasteiger partial charge in [-0.15, -0.1) is 0 Å². The van der Waals surface area contributed by atoms with Gasteiger partial charge < -0.3 is 24.1 Å². The van der Waals surface area contributed by atoms with Gasteiger partial charge in [-0.2, -0.15) is 0 Å². The number of hydrogen-bond acceptors (Lipinski definition) is 7. The maximum absolute atomic E-state index is 13.3. The first kappa shape index (κ1) is 26.1. The van der Waals surface area contributed by atoms with Crippen molar-refractivity contribution in [2.75, 3.05) is 0 Å². The Morgan fingerprint density at radius 3 is 2.06 bits per heavy atom. The summed E-state index contributed by atoms with van der Waals surface area (Å²) in [6, 6.07) is 0. The lowest BCUT2D eigenvalue weighted by atomic mass is 9.67. The van der Waals surface area contributed by atoms with Crippen LogP contribution in [-0.4, -0.2) is 39.8 Å². The molecule has 9 atom stereocenters. The lowest BCUT2D eigenvalue weighted by Crippen LogP contribution is -2.71. The van der Waals surface area contributed by atoms with E-state index in [9.17, 15) is 19.8 Å². The fourth-order valence-electron chi connectivity index (χ4n) is 5.81. The third kappa shape index (κ3) is 3.72. The highest BCUT2D eigenvalue weighted by Crippen LogP contribution is 2.54. The van der Waals surface area contributed by atoms with Crippen molar-refractivity contribution in [3.63, 3.8) is 0 Å². The summed E-state index contributed by atoms with van der Waals surface area (Å²) in [5, 5.41) is 23.3. The number of ether oxygens (including phenoxy) is 2. The molecule has 2 fully saturated rings. The second kappa shape index (κ2) is 8.59. The first-order chi connectivity index (χ1) is 15.1. The summed E-state index contributed by atoms with van der Waals surface area (Å²) in [5.41, 5.74) is 0.753. The fraction of sp³-hybridized carbons (Fsp3) is 0.769. The Hall–Kier alpha value is -1.54. The molecule has 1 spiro atoms. The van der Waals surface area contributed by atoms with Gasteiger partial charge in [0.15, 0.2) is 17.0 Å². The monoisotopic (exact) mass is 464 g/mol. The Kier molecular flexibility index (Phi) is 6.79. The molecule has 7 heteroatoms. The second-order valence-corrected chi connectivity index (χ2v) is 10.7. The topological polar surface area (TPSA) is 106 Å². The van der Waals surface area contributed by atoms with Crippen LogP contribution in [-0.2, 0) is 14.3 Å². The van der Waals surface area contributed by atoms with E-state index in [1.807, 2.05) is 20.8 Å². The van der Waals surface area contributed by atoms with Crippen molar-refractivity contribution in [3.05, 3.63) is 32.9 Å². The van der Waals surface area contributed by atoms with E-state index in [0.29, 0.717) is 22.6 Å². The molecule has 3 heterocycles. The Balaban J connectivity index is 2.16. The Morgan fingerprint density at radius 1 is 0.939 bits per heavy atom.